The molecule has 0 aromatic heterocycles. The average molecular weight is 472 g/mol. The topological polar surface area (TPSA) is 80.8 Å². The van der Waals surface area contributed by atoms with Crippen LogP contribution in [0.3, 0.4) is 0 Å². The van der Waals surface area contributed by atoms with E-state index in [-0.39, 0.29) is 15.5 Å². The maximum atomic E-state index is 13.3. The van der Waals surface area contributed by atoms with Crippen LogP contribution in [-0.2, 0) is 19.9 Å². The summed E-state index contributed by atoms with van der Waals surface area (Å²) in [4.78, 5) is 0.333. The molecule has 1 unspecified atom stereocenters. The summed E-state index contributed by atoms with van der Waals surface area (Å²) in [5, 5.41) is 0. The molecular formula is C24H25NO5S2. The van der Waals surface area contributed by atoms with E-state index in [1.54, 1.807) is 30.3 Å². The van der Waals surface area contributed by atoms with E-state index < -0.39 is 25.9 Å². The highest BCUT2D eigenvalue weighted by Crippen LogP contribution is 2.30. The standard InChI is InChI=1S/C24H25NO5S2/c1-19-7-5-9-22(17-19)30-21-12-14-24(15-13-21)32(28,29)25-16-6-8-20(25)18-31(26,27)23-10-3-2-4-11-23/h2-5,7,9-15,17,20H,6,8,16,18H2,1H3. The minimum Gasteiger partial charge on any atom is -0.457 e. The fourth-order valence-corrected chi connectivity index (χ4v) is 7.30. The van der Waals surface area contributed by atoms with Crippen molar-refractivity contribution in [3.8, 4) is 11.5 Å². The fraction of sp³-hybridized carbons (Fsp3) is 0.250. The molecule has 0 spiro atoms. The van der Waals surface area contributed by atoms with Crippen molar-refractivity contribution >= 4 is 19.9 Å². The first-order valence-electron chi connectivity index (χ1n) is 10.4. The van der Waals surface area contributed by atoms with E-state index in [0.29, 0.717) is 30.9 Å². The van der Waals surface area contributed by atoms with Gasteiger partial charge in [0.1, 0.15) is 11.5 Å². The second-order valence-electron chi connectivity index (χ2n) is 7.90. The third kappa shape index (κ3) is 4.87. The van der Waals surface area contributed by atoms with Crippen molar-refractivity contribution < 1.29 is 21.6 Å². The van der Waals surface area contributed by atoms with Gasteiger partial charge in [-0.15, -0.1) is 0 Å². The molecule has 3 aromatic carbocycles. The maximum absolute atomic E-state index is 13.3. The number of benzene rings is 3. The highest BCUT2D eigenvalue weighted by Gasteiger charge is 2.38. The summed E-state index contributed by atoms with van der Waals surface area (Å²) in [6.45, 7) is 2.27. The zero-order valence-electron chi connectivity index (χ0n) is 17.7. The van der Waals surface area contributed by atoms with Crippen molar-refractivity contribution in [1.82, 2.24) is 4.31 Å². The molecule has 1 saturated heterocycles. The molecule has 1 atom stereocenters. The predicted molar refractivity (Wildman–Crippen MR) is 123 cm³/mol. The summed E-state index contributed by atoms with van der Waals surface area (Å²) in [6, 6.07) is 21.4. The predicted octanol–water partition coefficient (Wildman–Crippen LogP) is 4.41. The molecule has 4 rings (SSSR count). The summed E-state index contributed by atoms with van der Waals surface area (Å²) >= 11 is 0. The van der Waals surface area contributed by atoms with Gasteiger partial charge < -0.3 is 4.74 Å². The van der Waals surface area contributed by atoms with E-state index in [9.17, 15) is 16.8 Å². The van der Waals surface area contributed by atoms with Gasteiger partial charge >= 0.3 is 0 Å². The molecule has 1 aliphatic heterocycles. The SMILES string of the molecule is Cc1cccc(Oc2ccc(S(=O)(=O)N3CCCC3CS(=O)(=O)c3ccccc3)cc2)c1. The van der Waals surface area contributed by atoms with Crippen LogP contribution in [0.5, 0.6) is 11.5 Å². The van der Waals surface area contributed by atoms with Crippen molar-refractivity contribution in [1.29, 1.82) is 0 Å². The molecule has 0 saturated carbocycles. The van der Waals surface area contributed by atoms with Gasteiger partial charge in [0.2, 0.25) is 10.0 Å². The normalized spacial score (nSPS) is 17.3. The summed E-state index contributed by atoms with van der Waals surface area (Å²) in [7, 11) is -7.42. The lowest BCUT2D eigenvalue weighted by molar-refractivity contribution is 0.407. The molecule has 0 aliphatic carbocycles. The van der Waals surface area contributed by atoms with Crippen LogP contribution in [-0.4, -0.2) is 39.5 Å². The monoisotopic (exact) mass is 471 g/mol. The number of hydrogen-bond acceptors (Lipinski definition) is 5. The lowest BCUT2D eigenvalue weighted by Gasteiger charge is -2.24. The molecule has 1 aliphatic rings. The van der Waals surface area contributed by atoms with E-state index in [1.807, 2.05) is 31.2 Å². The number of ether oxygens (including phenoxy) is 1. The average Bonchev–Trinajstić information content (AvgIpc) is 3.23. The van der Waals surface area contributed by atoms with Gasteiger partial charge in [0, 0.05) is 12.6 Å². The molecule has 0 bridgehead atoms. The van der Waals surface area contributed by atoms with E-state index in [4.69, 9.17) is 4.74 Å². The zero-order chi connectivity index (χ0) is 22.8. The number of rotatable bonds is 7. The number of sulfone groups is 1. The largest absolute Gasteiger partial charge is 0.457 e. The van der Waals surface area contributed by atoms with Crippen LogP contribution < -0.4 is 4.74 Å². The Bertz CT molecular complexity index is 1290. The van der Waals surface area contributed by atoms with Crippen LogP contribution in [0.1, 0.15) is 18.4 Å². The summed E-state index contributed by atoms with van der Waals surface area (Å²) in [6.07, 6.45) is 1.14. The summed E-state index contributed by atoms with van der Waals surface area (Å²) < 4.78 is 59.3. The lowest BCUT2D eigenvalue weighted by atomic mass is 10.2. The fourth-order valence-electron chi connectivity index (χ4n) is 3.90. The van der Waals surface area contributed by atoms with E-state index in [2.05, 4.69) is 0 Å². The smallest absolute Gasteiger partial charge is 0.243 e. The molecule has 3 aromatic rings. The van der Waals surface area contributed by atoms with Crippen LogP contribution in [0.15, 0.2) is 88.7 Å². The Morgan fingerprint density at radius 1 is 0.844 bits per heavy atom. The van der Waals surface area contributed by atoms with E-state index in [0.717, 1.165) is 5.56 Å². The second kappa shape index (κ2) is 9.05. The Hall–Kier alpha value is -2.68. The number of aryl methyl sites for hydroxylation is 1. The van der Waals surface area contributed by atoms with Crippen LogP contribution in [0.2, 0.25) is 0 Å². The summed E-state index contributed by atoms with van der Waals surface area (Å²) in [5.74, 6) is 0.968. The first-order chi connectivity index (χ1) is 15.3. The third-order valence-electron chi connectivity index (χ3n) is 5.49. The van der Waals surface area contributed by atoms with E-state index >= 15 is 0 Å². The Morgan fingerprint density at radius 2 is 1.56 bits per heavy atom. The molecule has 168 valence electrons. The van der Waals surface area contributed by atoms with Crippen molar-refractivity contribution in [3.05, 3.63) is 84.4 Å². The van der Waals surface area contributed by atoms with Gasteiger partial charge in [-0.1, -0.05) is 30.3 Å². The number of nitrogens with zero attached hydrogens (tertiary/aromatic N) is 1. The van der Waals surface area contributed by atoms with Crippen LogP contribution >= 0.6 is 0 Å². The highest BCUT2D eigenvalue weighted by atomic mass is 32.2. The molecule has 8 heteroatoms. The van der Waals surface area contributed by atoms with Crippen molar-refractivity contribution in [2.45, 2.75) is 35.6 Å². The lowest BCUT2D eigenvalue weighted by Crippen LogP contribution is -2.39. The van der Waals surface area contributed by atoms with Gasteiger partial charge in [0.15, 0.2) is 9.84 Å². The van der Waals surface area contributed by atoms with Gasteiger partial charge in [0.25, 0.3) is 0 Å². The molecule has 0 radical (unpaired) electrons. The molecular weight excluding hydrogens is 446 g/mol. The minimum atomic E-state index is -3.83. The Labute approximate surface area is 189 Å². The van der Waals surface area contributed by atoms with Gasteiger partial charge in [-0.2, -0.15) is 4.31 Å². The first-order valence-corrected chi connectivity index (χ1v) is 13.5. The minimum absolute atomic E-state index is 0.123. The van der Waals surface area contributed by atoms with Gasteiger partial charge in [0.05, 0.1) is 15.5 Å². The van der Waals surface area contributed by atoms with Crippen molar-refractivity contribution in [2.24, 2.45) is 0 Å². The number of sulfonamides is 1. The molecule has 1 fully saturated rings. The molecule has 0 amide bonds. The van der Waals surface area contributed by atoms with Crippen molar-refractivity contribution in [3.63, 3.8) is 0 Å². The van der Waals surface area contributed by atoms with Crippen LogP contribution in [0, 0.1) is 6.92 Å². The van der Waals surface area contributed by atoms with Crippen molar-refractivity contribution in [2.75, 3.05) is 12.3 Å². The molecule has 0 N–H and O–H groups in total. The Balaban J connectivity index is 1.52. The van der Waals surface area contributed by atoms with E-state index in [1.165, 1.54) is 28.6 Å². The molecule has 6 nitrogen and oxygen atoms in total. The maximum Gasteiger partial charge on any atom is 0.243 e. The summed E-state index contributed by atoms with van der Waals surface area (Å²) in [5.41, 5.74) is 1.06. The Morgan fingerprint density at radius 3 is 2.25 bits per heavy atom. The number of hydrogen-bond donors (Lipinski definition) is 0. The van der Waals surface area contributed by atoms with Crippen LogP contribution in [0.25, 0.3) is 0 Å². The van der Waals surface area contributed by atoms with Gasteiger partial charge in [-0.25, -0.2) is 16.8 Å². The quantitative estimate of drug-likeness (QED) is 0.510. The van der Waals surface area contributed by atoms with Crippen LogP contribution in [0.4, 0.5) is 0 Å². The zero-order valence-corrected chi connectivity index (χ0v) is 19.3. The molecule has 1 heterocycles. The second-order valence-corrected chi connectivity index (χ2v) is 11.8. The highest BCUT2D eigenvalue weighted by molar-refractivity contribution is 7.91. The molecule has 32 heavy (non-hydrogen) atoms. The first kappa shape index (κ1) is 22.5. The Kier molecular flexibility index (Phi) is 6.37. The van der Waals surface area contributed by atoms with Gasteiger partial charge in [-0.05, 0) is 73.9 Å². The third-order valence-corrected chi connectivity index (χ3v) is 9.27. The van der Waals surface area contributed by atoms with Gasteiger partial charge in [-0.3, -0.25) is 0 Å².